The zero-order chi connectivity index (χ0) is 37.7. The maximum Gasteiger partial charge on any atom is 0.0333 e. The molecule has 0 N–H and O–H groups in total. The summed E-state index contributed by atoms with van der Waals surface area (Å²) in [5, 5.41) is 0. The SMILES string of the molecule is CCCCC1(CC)C(c2ccccc2)(c2ccccc2)C(CCC)(CC(C)C)C(c2ccccc2)C(C)(C(C)C)C1(c1ccccc1)c1ccccc1. The molecule has 6 rings (SSSR count). The fourth-order valence-corrected chi connectivity index (χ4v) is 13.2. The summed E-state index contributed by atoms with van der Waals surface area (Å²) in [7, 11) is 0. The van der Waals surface area contributed by atoms with Gasteiger partial charge in [0.05, 0.1) is 0 Å². The van der Waals surface area contributed by atoms with E-state index in [9.17, 15) is 0 Å². The number of benzene rings is 5. The molecule has 0 aliphatic heterocycles. The summed E-state index contributed by atoms with van der Waals surface area (Å²) in [5.74, 6) is 1.08. The number of rotatable bonds is 14. The van der Waals surface area contributed by atoms with Gasteiger partial charge in [0.1, 0.15) is 0 Å². The first-order valence-corrected chi connectivity index (χ1v) is 21.0. The van der Waals surface area contributed by atoms with Crippen LogP contribution < -0.4 is 0 Å². The Morgan fingerprint density at radius 3 is 1.23 bits per heavy atom. The van der Waals surface area contributed by atoms with E-state index in [0.717, 1.165) is 38.5 Å². The van der Waals surface area contributed by atoms with Crippen LogP contribution in [0.5, 0.6) is 0 Å². The van der Waals surface area contributed by atoms with Gasteiger partial charge in [-0.25, -0.2) is 0 Å². The van der Waals surface area contributed by atoms with E-state index in [4.69, 9.17) is 0 Å². The monoisotopic (exact) mass is 703 g/mol. The molecule has 5 aromatic rings. The standard InChI is InChI=1S/C53H66/c1-9-12-39-51(11-3)52(44-30-20-14-21-31-44,45-32-22-15-23-33-45)49(8,42(6)7)48(43-28-18-13-19-29-43)50(38-10-2,40-41(4)5)53(51,46-34-24-16-25-35-46)47-36-26-17-27-37-47/h13-37,41-42,48H,9-12,38-40H2,1-8H3. The quantitative estimate of drug-likeness (QED) is 0.108. The topological polar surface area (TPSA) is 0 Å². The minimum atomic E-state index is -0.388. The third-order valence-corrected chi connectivity index (χ3v) is 14.3. The molecule has 0 heteroatoms. The molecule has 0 radical (unpaired) electrons. The summed E-state index contributed by atoms with van der Waals surface area (Å²) in [4.78, 5) is 0. The highest BCUT2D eigenvalue weighted by molar-refractivity contribution is 5.60. The molecule has 0 bridgehead atoms. The smallest absolute Gasteiger partial charge is 0.0333 e. The molecule has 0 heterocycles. The van der Waals surface area contributed by atoms with Crippen LogP contribution in [0.15, 0.2) is 152 Å². The number of hydrogen-bond donors (Lipinski definition) is 0. The summed E-state index contributed by atoms with van der Waals surface area (Å²) < 4.78 is 0. The Balaban J connectivity index is 2.08. The highest BCUT2D eigenvalue weighted by Gasteiger charge is 2.81. The minimum absolute atomic E-state index is 0.143. The molecule has 0 aromatic heterocycles. The van der Waals surface area contributed by atoms with E-state index >= 15 is 0 Å². The molecule has 0 nitrogen and oxygen atoms in total. The maximum atomic E-state index is 2.76. The Morgan fingerprint density at radius 2 is 0.887 bits per heavy atom. The van der Waals surface area contributed by atoms with Crippen molar-refractivity contribution in [3.05, 3.63) is 179 Å². The molecule has 1 aliphatic carbocycles. The molecule has 1 aliphatic rings. The fourth-order valence-electron chi connectivity index (χ4n) is 13.2. The van der Waals surface area contributed by atoms with Crippen molar-refractivity contribution in [2.75, 3.05) is 0 Å². The first-order valence-electron chi connectivity index (χ1n) is 21.0. The van der Waals surface area contributed by atoms with Gasteiger partial charge in [-0.2, -0.15) is 0 Å². The average molecular weight is 703 g/mol. The Hall–Kier alpha value is -3.90. The summed E-state index contributed by atoms with van der Waals surface area (Å²) in [6.07, 6.45) is 7.92. The van der Waals surface area contributed by atoms with Crippen LogP contribution in [0.4, 0.5) is 0 Å². The van der Waals surface area contributed by atoms with Crippen molar-refractivity contribution in [1.29, 1.82) is 0 Å². The summed E-state index contributed by atoms with van der Waals surface area (Å²) in [5.41, 5.74) is 6.05. The van der Waals surface area contributed by atoms with Crippen molar-refractivity contribution in [3.8, 4) is 0 Å². The fraction of sp³-hybridized carbons (Fsp3) is 0.434. The zero-order valence-electron chi connectivity index (χ0n) is 34.1. The van der Waals surface area contributed by atoms with E-state index in [1.54, 1.807) is 0 Å². The Labute approximate surface area is 323 Å². The van der Waals surface area contributed by atoms with Gasteiger partial charge in [0, 0.05) is 10.8 Å². The van der Waals surface area contributed by atoms with Crippen LogP contribution in [0.25, 0.3) is 0 Å². The first-order chi connectivity index (χ1) is 25.7. The van der Waals surface area contributed by atoms with Gasteiger partial charge in [-0.1, -0.05) is 226 Å². The van der Waals surface area contributed by atoms with E-state index in [1.807, 2.05) is 0 Å². The second kappa shape index (κ2) is 15.8. The number of hydrogen-bond acceptors (Lipinski definition) is 0. The van der Waals surface area contributed by atoms with Gasteiger partial charge in [0.15, 0.2) is 0 Å². The Morgan fingerprint density at radius 1 is 0.491 bits per heavy atom. The molecule has 1 saturated carbocycles. The van der Waals surface area contributed by atoms with Gasteiger partial charge in [0.2, 0.25) is 0 Å². The normalized spacial score (nSPS) is 25.1. The largest absolute Gasteiger partial charge is 0.0654 e. The second-order valence-electron chi connectivity index (χ2n) is 17.3. The average Bonchev–Trinajstić information content (AvgIpc) is 3.19. The molecule has 0 spiro atoms. The van der Waals surface area contributed by atoms with Crippen molar-refractivity contribution in [3.63, 3.8) is 0 Å². The van der Waals surface area contributed by atoms with Crippen LogP contribution >= 0.6 is 0 Å². The van der Waals surface area contributed by atoms with E-state index in [1.165, 1.54) is 34.2 Å². The predicted octanol–water partition coefficient (Wildman–Crippen LogP) is 14.8. The lowest BCUT2D eigenvalue weighted by molar-refractivity contribution is -0.208. The molecule has 0 amide bonds. The predicted molar refractivity (Wildman–Crippen MR) is 229 cm³/mol. The van der Waals surface area contributed by atoms with E-state index in [-0.39, 0.29) is 33.0 Å². The van der Waals surface area contributed by atoms with Gasteiger partial charge in [-0.05, 0) is 87.5 Å². The van der Waals surface area contributed by atoms with Crippen LogP contribution in [-0.4, -0.2) is 0 Å². The van der Waals surface area contributed by atoms with Crippen LogP contribution in [0.2, 0.25) is 0 Å². The lowest BCUT2D eigenvalue weighted by Crippen LogP contribution is -2.78. The third-order valence-electron chi connectivity index (χ3n) is 14.3. The highest BCUT2D eigenvalue weighted by atomic mass is 14.8. The van der Waals surface area contributed by atoms with Crippen molar-refractivity contribution in [1.82, 2.24) is 0 Å². The van der Waals surface area contributed by atoms with Gasteiger partial charge < -0.3 is 0 Å². The van der Waals surface area contributed by atoms with Crippen molar-refractivity contribution >= 4 is 0 Å². The summed E-state index contributed by atoms with van der Waals surface area (Å²) in [6.45, 7) is 20.4. The van der Waals surface area contributed by atoms with Gasteiger partial charge in [0.25, 0.3) is 0 Å². The van der Waals surface area contributed by atoms with Crippen LogP contribution in [0, 0.1) is 28.1 Å². The Bertz CT molecular complexity index is 1760. The first kappa shape index (κ1) is 38.8. The second-order valence-corrected chi connectivity index (χ2v) is 17.3. The Kier molecular flexibility index (Phi) is 11.6. The zero-order valence-corrected chi connectivity index (χ0v) is 34.1. The third kappa shape index (κ3) is 5.60. The van der Waals surface area contributed by atoms with E-state index in [2.05, 4.69) is 207 Å². The molecular formula is C53H66. The summed E-state index contributed by atoms with van der Waals surface area (Å²) >= 11 is 0. The van der Waals surface area contributed by atoms with Crippen LogP contribution in [0.1, 0.15) is 134 Å². The lowest BCUT2D eigenvalue weighted by Gasteiger charge is -2.80. The molecule has 0 saturated heterocycles. The van der Waals surface area contributed by atoms with Crippen LogP contribution in [0.3, 0.4) is 0 Å². The number of unbranched alkanes of at least 4 members (excludes halogenated alkanes) is 1. The summed E-state index contributed by atoms with van der Waals surface area (Å²) in [6, 6.07) is 59.7. The molecule has 53 heavy (non-hydrogen) atoms. The molecule has 278 valence electrons. The maximum absolute atomic E-state index is 2.76. The van der Waals surface area contributed by atoms with Crippen molar-refractivity contribution in [2.24, 2.45) is 28.1 Å². The lowest BCUT2D eigenvalue weighted by atomic mass is 9.21. The van der Waals surface area contributed by atoms with Gasteiger partial charge in [-0.15, -0.1) is 0 Å². The molecule has 5 aromatic carbocycles. The van der Waals surface area contributed by atoms with E-state index < -0.39 is 0 Å². The van der Waals surface area contributed by atoms with Gasteiger partial charge >= 0.3 is 0 Å². The van der Waals surface area contributed by atoms with E-state index in [0.29, 0.717) is 11.8 Å². The molecule has 4 unspecified atom stereocenters. The molecule has 1 fully saturated rings. The highest BCUT2D eigenvalue weighted by Crippen LogP contribution is 2.85. The molecule has 4 atom stereocenters. The van der Waals surface area contributed by atoms with Gasteiger partial charge in [-0.3, -0.25) is 0 Å². The molecular weight excluding hydrogens is 637 g/mol. The van der Waals surface area contributed by atoms with Crippen LogP contribution in [-0.2, 0) is 10.8 Å². The van der Waals surface area contributed by atoms with Crippen molar-refractivity contribution in [2.45, 2.75) is 117 Å². The minimum Gasteiger partial charge on any atom is -0.0654 e. The van der Waals surface area contributed by atoms with Crippen molar-refractivity contribution < 1.29 is 0 Å².